The Hall–Kier alpha value is -2.73. The molecule has 0 saturated carbocycles. The van der Waals surface area contributed by atoms with E-state index >= 15 is 0 Å². The van der Waals surface area contributed by atoms with Crippen LogP contribution in [0, 0.1) is 0 Å². The summed E-state index contributed by atoms with van der Waals surface area (Å²) in [4.78, 5) is 0.267. The van der Waals surface area contributed by atoms with Gasteiger partial charge < -0.3 is 4.74 Å². The molecule has 3 aromatic rings. The molecule has 0 aliphatic rings. The maximum absolute atomic E-state index is 11.6. The van der Waals surface area contributed by atoms with Crippen LogP contribution in [0.4, 0.5) is 0 Å². The number of hydrogen-bond donors (Lipinski definition) is 0. The first-order valence-electron chi connectivity index (χ1n) is 7.26. The number of hydrogen-bond acceptors (Lipinski definition) is 5. The molecule has 0 bridgehead atoms. The Kier molecular flexibility index (Phi) is 4.31. The van der Waals surface area contributed by atoms with Crippen LogP contribution in [0.25, 0.3) is 22.4 Å². The Balaban J connectivity index is 2.18. The molecule has 5 nitrogen and oxygen atoms in total. The van der Waals surface area contributed by atoms with E-state index in [1.54, 1.807) is 37.6 Å². The van der Waals surface area contributed by atoms with Crippen LogP contribution in [0.3, 0.4) is 0 Å². The molecule has 0 amide bonds. The van der Waals surface area contributed by atoms with E-state index in [1.807, 2.05) is 30.3 Å². The van der Waals surface area contributed by atoms with Gasteiger partial charge in [-0.3, -0.25) is 0 Å². The van der Waals surface area contributed by atoms with Gasteiger partial charge in [-0.1, -0.05) is 42.5 Å². The summed E-state index contributed by atoms with van der Waals surface area (Å²) in [6, 6.07) is 16.3. The van der Waals surface area contributed by atoms with E-state index in [2.05, 4.69) is 10.2 Å². The van der Waals surface area contributed by atoms with Gasteiger partial charge in [-0.05, 0) is 17.7 Å². The maximum Gasteiger partial charge on any atom is 0.175 e. The zero-order chi connectivity index (χ0) is 17.2. The van der Waals surface area contributed by atoms with Crippen molar-refractivity contribution < 1.29 is 13.2 Å². The molecule has 0 atom stereocenters. The lowest BCUT2D eigenvalue weighted by Crippen LogP contribution is -1.99. The van der Waals surface area contributed by atoms with Crippen LogP contribution in [0.5, 0.6) is 5.75 Å². The minimum atomic E-state index is -3.24. The molecule has 24 heavy (non-hydrogen) atoms. The highest BCUT2D eigenvalue weighted by Gasteiger charge is 2.16. The SMILES string of the molecule is COc1cnnc(-c2ccc(S(C)(=O)=O)cc2)c1-c1ccccc1. The topological polar surface area (TPSA) is 69.2 Å². The van der Waals surface area contributed by atoms with Crippen LogP contribution in [-0.2, 0) is 9.84 Å². The largest absolute Gasteiger partial charge is 0.494 e. The van der Waals surface area contributed by atoms with E-state index in [9.17, 15) is 8.42 Å². The van der Waals surface area contributed by atoms with Crippen LogP contribution >= 0.6 is 0 Å². The molecule has 0 radical (unpaired) electrons. The van der Waals surface area contributed by atoms with Crippen LogP contribution in [0.15, 0.2) is 65.7 Å². The molecule has 2 aromatic carbocycles. The number of nitrogens with zero attached hydrogens (tertiary/aromatic N) is 2. The molecule has 0 N–H and O–H groups in total. The second-order valence-electron chi connectivity index (χ2n) is 5.30. The minimum Gasteiger partial charge on any atom is -0.494 e. The molecule has 122 valence electrons. The van der Waals surface area contributed by atoms with Crippen molar-refractivity contribution in [3.05, 3.63) is 60.8 Å². The number of benzene rings is 2. The van der Waals surface area contributed by atoms with Crippen molar-refractivity contribution in [2.75, 3.05) is 13.4 Å². The summed E-state index contributed by atoms with van der Waals surface area (Å²) >= 11 is 0. The Bertz CT molecular complexity index is 953. The molecule has 6 heteroatoms. The van der Waals surface area contributed by atoms with E-state index in [4.69, 9.17) is 4.74 Å². The van der Waals surface area contributed by atoms with Crippen LogP contribution in [0.1, 0.15) is 0 Å². The van der Waals surface area contributed by atoms with Crippen LogP contribution in [-0.4, -0.2) is 32.0 Å². The average molecular weight is 340 g/mol. The number of sulfone groups is 1. The molecular weight excluding hydrogens is 324 g/mol. The molecule has 0 saturated heterocycles. The second kappa shape index (κ2) is 6.41. The highest BCUT2D eigenvalue weighted by molar-refractivity contribution is 7.90. The minimum absolute atomic E-state index is 0.267. The summed E-state index contributed by atoms with van der Waals surface area (Å²) < 4.78 is 28.7. The monoisotopic (exact) mass is 340 g/mol. The predicted molar refractivity (Wildman–Crippen MR) is 92.6 cm³/mol. The summed E-state index contributed by atoms with van der Waals surface area (Å²) in [6.07, 6.45) is 2.75. The van der Waals surface area contributed by atoms with E-state index in [0.29, 0.717) is 11.4 Å². The van der Waals surface area contributed by atoms with Crippen LogP contribution < -0.4 is 4.74 Å². The maximum atomic E-state index is 11.6. The molecule has 0 unspecified atom stereocenters. The van der Waals surface area contributed by atoms with Crippen molar-refractivity contribution in [3.63, 3.8) is 0 Å². The first-order valence-corrected chi connectivity index (χ1v) is 9.15. The highest BCUT2D eigenvalue weighted by atomic mass is 32.2. The van der Waals surface area contributed by atoms with Gasteiger partial charge in [-0.15, -0.1) is 5.10 Å². The van der Waals surface area contributed by atoms with Gasteiger partial charge in [0.05, 0.1) is 23.8 Å². The molecule has 0 spiro atoms. The highest BCUT2D eigenvalue weighted by Crippen LogP contribution is 2.37. The molecular formula is C18H16N2O3S. The van der Waals surface area contributed by atoms with Gasteiger partial charge in [0.1, 0.15) is 11.4 Å². The summed E-state index contributed by atoms with van der Waals surface area (Å²) in [6.45, 7) is 0. The third-order valence-corrected chi connectivity index (χ3v) is 4.78. The predicted octanol–water partition coefficient (Wildman–Crippen LogP) is 3.22. The van der Waals surface area contributed by atoms with Gasteiger partial charge in [0, 0.05) is 11.8 Å². The fraction of sp³-hybridized carbons (Fsp3) is 0.111. The van der Waals surface area contributed by atoms with Gasteiger partial charge >= 0.3 is 0 Å². The van der Waals surface area contributed by atoms with Crippen LogP contribution in [0.2, 0.25) is 0 Å². The lowest BCUT2D eigenvalue weighted by molar-refractivity contribution is 0.413. The Morgan fingerprint density at radius 1 is 0.917 bits per heavy atom. The van der Waals surface area contributed by atoms with E-state index < -0.39 is 9.84 Å². The standard InChI is InChI=1S/C18H16N2O3S/c1-23-16-12-19-20-18(17(16)13-6-4-3-5-7-13)14-8-10-15(11-9-14)24(2,21)22/h3-12H,1-2H3. The zero-order valence-electron chi connectivity index (χ0n) is 13.3. The molecule has 1 heterocycles. The Morgan fingerprint density at radius 3 is 2.17 bits per heavy atom. The lowest BCUT2D eigenvalue weighted by atomic mass is 9.99. The average Bonchev–Trinajstić information content (AvgIpc) is 2.61. The molecule has 3 rings (SSSR count). The Labute approximate surface area is 140 Å². The van der Waals surface area contributed by atoms with Crippen molar-refractivity contribution >= 4 is 9.84 Å². The van der Waals surface area contributed by atoms with Crippen molar-refractivity contribution in [1.82, 2.24) is 10.2 Å². The van der Waals surface area contributed by atoms with Gasteiger partial charge in [-0.2, -0.15) is 5.10 Å². The first-order chi connectivity index (χ1) is 11.5. The fourth-order valence-electron chi connectivity index (χ4n) is 2.47. The van der Waals surface area contributed by atoms with Gasteiger partial charge in [0.15, 0.2) is 9.84 Å². The number of methoxy groups -OCH3 is 1. The Morgan fingerprint density at radius 2 is 1.58 bits per heavy atom. The zero-order valence-corrected chi connectivity index (χ0v) is 14.1. The van der Waals surface area contributed by atoms with E-state index in [1.165, 1.54) is 6.26 Å². The second-order valence-corrected chi connectivity index (χ2v) is 7.31. The van der Waals surface area contributed by atoms with E-state index in [0.717, 1.165) is 16.7 Å². The smallest absolute Gasteiger partial charge is 0.175 e. The molecule has 0 aliphatic carbocycles. The fourth-order valence-corrected chi connectivity index (χ4v) is 3.10. The summed E-state index contributed by atoms with van der Waals surface area (Å²) in [5, 5.41) is 8.24. The number of ether oxygens (including phenoxy) is 1. The molecule has 0 aliphatic heterocycles. The molecule has 0 fully saturated rings. The van der Waals surface area contributed by atoms with Gasteiger partial charge in [-0.25, -0.2) is 8.42 Å². The van der Waals surface area contributed by atoms with Crippen molar-refractivity contribution in [3.8, 4) is 28.1 Å². The number of aromatic nitrogens is 2. The third kappa shape index (κ3) is 3.14. The summed E-state index contributed by atoms with van der Waals surface area (Å²) in [7, 11) is -1.65. The summed E-state index contributed by atoms with van der Waals surface area (Å²) in [5.74, 6) is 0.610. The van der Waals surface area contributed by atoms with E-state index in [-0.39, 0.29) is 4.90 Å². The quantitative estimate of drug-likeness (QED) is 0.729. The van der Waals surface area contributed by atoms with Crippen molar-refractivity contribution in [2.24, 2.45) is 0 Å². The van der Waals surface area contributed by atoms with Crippen molar-refractivity contribution in [2.45, 2.75) is 4.90 Å². The number of rotatable bonds is 4. The van der Waals surface area contributed by atoms with Gasteiger partial charge in [0.2, 0.25) is 0 Å². The van der Waals surface area contributed by atoms with Gasteiger partial charge in [0.25, 0.3) is 0 Å². The first kappa shape index (κ1) is 16.1. The van der Waals surface area contributed by atoms with Crippen molar-refractivity contribution in [1.29, 1.82) is 0 Å². The third-order valence-electron chi connectivity index (χ3n) is 3.65. The molecule has 1 aromatic heterocycles. The summed E-state index contributed by atoms with van der Waals surface area (Å²) in [5.41, 5.74) is 3.18. The lowest BCUT2D eigenvalue weighted by Gasteiger charge is -2.12. The normalized spacial score (nSPS) is 11.2.